The molecular formula is C16H19NO2. The Labute approximate surface area is 113 Å². The minimum Gasteiger partial charge on any atom is -0.339 e. The second kappa shape index (κ2) is 4.80. The summed E-state index contributed by atoms with van der Waals surface area (Å²) in [6.45, 7) is 2.43. The summed E-state index contributed by atoms with van der Waals surface area (Å²) >= 11 is 0. The van der Waals surface area contributed by atoms with Crippen LogP contribution in [0.2, 0.25) is 0 Å². The SMILES string of the molecule is CC(=O)CC1CCCN1C(=O)C1Cc2ccccc21. The smallest absolute Gasteiger partial charge is 0.230 e. The molecule has 2 unspecified atom stereocenters. The van der Waals surface area contributed by atoms with Crippen LogP contribution in [0.1, 0.15) is 43.2 Å². The van der Waals surface area contributed by atoms with E-state index in [2.05, 4.69) is 12.1 Å². The highest BCUT2D eigenvalue weighted by atomic mass is 16.2. The molecule has 19 heavy (non-hydrogen) atoms. The third kappa shape index (κ3) is 2.18. The molecule has 2 atom stereocenters. The Balaban J connectivity index is 1.73. The number of amides is 1. The number of carbonyl (C=O) groups is 2. The van der Waals surface area contributed by atoms with Gasteiger partial charge in [-0.25, -0.2) is 0 Å². The van der Waals surface area contributed by atoms with Gasteiger partial charge in [-0.15, -0.1) is 0 Å². The zero-order valence-electron chi connectivity index (χ0n) is 11.3. The fourth-order valence-electron chi connectivity index (χ4n) is 3.35. The number of nitrogens with zero attached hydrogens (tertiary/aromatic N) is 1. The quantitative estimate of drug-likeness (QED) is 0.833. The van der Waals surface area contributed by atoms with Gasteiger partial charge in [0, 0.05) is 19.0 Å². The van der Waals surface area contributed by atoms with E-state index in [1.165, 1.54) is 11.1 Å². The molecule has 0 spiro atoms. The Hall–Kier alpha value is -1.64. The molecule has 0 radical (unpaired) electrons. The first-order chi connectivity index (χ1) is 9.16. The number of fused-ring (bicyclic) bond motifs is 1. The van der Waals surface area contributed by atoms with Crippen molar-refractivity contribution >= 4 is 11.7 Å². The van der Waals surface area contributed by atoms with Crippen molar-refractivity contribution in [2.24, 2.45) is 0 Å². The number of Topliss-reactive ketones (excluding diaryl/α,β-unsaturated/α-hetero) is 1. The van der Waals surface area contributed by atoms with Crippen LogP contribution in [0.15, 0.2) is 24.3 Å². The van der Waals surface area contributed by atoms with Crippen LogP contribution in [0.4, 0.5) is 0 Å². The topological polar surface area (TPSA) is 37.4 Å². The molecule has 2 aliphatic rings. The first-order valence-corrected chi connectivity index (χ1v) is 7.04. The summed E-state index contributed by atoms with van der Waals surface area (Å²) in [7, 11) is 0. The second-order valence-corrected chi connectivity index (χ2v) is 5.69. The van der Waals surface area contributed by atoms with Crippen LogP contribution in [-0.2, 0) is 16.0 Å². The van der Waals surface area contributed by atoms with Crippen molar-refractivity contribution in [2.75, 3.05) is 6.54 Å². The summed E-state index contributed by atoms with van der Waals surface area (Å²) in [5.74, 6) is 0.435. The molecule has 0 N–H and O–H groups in total. The molecule has 1 heterocycles. The second-order valence-electron chi connectivity index (χ2n) is 5.69. The van der Waals surface area contributed by atoms with Crippen LogP contribution in [-0.4, -0.2) is 29.2 Å². The van der Waals surface area contributed by atoms with Gasteiger partial charge < -0.3 is 4.90 Å². The molecule has 1 fully saturated rings. The van der Waals surface area contributed by atoms with E-state index in [0.29, 0.717) is 6.42 Å². The van der Waals surface area contributed by atoms with Crippen LogP contribution in [0, 0.1) is 0 Å². The summed E-state index contributed by atoms with van der Waals surface area (Å²) in [6.07, 6.45) is 3.37. The molecule has 100 valence electrons. The number of carbonyl (C=O) groups excluding carboxylic acids is 2. The minimum atomic E-state index is 0.0313. The third-order valence-electron chi connectivity index (χ3n) is 4.34. The molecule has 0 aromatic heterocycles. The van der Waals surface area contributed by atoms with E-state index >= 15 is 0 Å². The van der Waals surface area contributed by atoms with Gasteiger partial charge in [0.15, 0.2) is 0 Å². The molecule has 1 aliphatic heterocycles. The summed E-state index contributed by atoms with van der Waals surface area (Å²) in [5, 5.41) is 0. The number of rotatable bonds is 3. The van der Waals surface area contributed by atoms with Crippen LogP contribution >= 0.6 is 0 Å². The standard InChI is InChI=1S/C16H19NO2/c1-11(18)9-13-6-4-8-17(13)16(19)15-10-12-5-2-3-7-14(12)15/h2-3,5,7,13,15H,4,6,8-10H2,1H3. The van der Waals surface area contributed by atoms with E-state index in [0.717, 1.165) is 25.8 Å². The fraction of sp³-hybridized carbons (Fsp3) is 0.500. The van der Waals surface area contributed by atoms with Crippen LogP contribution in [0.3, 0.4) is 0 Å². The predicted octanol–water partition coefficient (Wildman–Crippen LogP) is 2.30. The molecule has 0 saturated carbocycles. The first-order valence-electron chi connectivity index (χ1n) is 7.04. The van der Waals surface area contributed by atoms with Crippen LogP contribution in [0.25, 0.3) is 0 Å². The Bertz CT molecular complexity index is 523. The highest BCUT2D eigenvalue weighted by molar-refractivity contribution is 5.88. The van der Waals surface area contributed by atoms with Crippen molar-refractivity contribution in [1.29, 1.82) is 0 Å². The van der Waals surface area contributed by atoms with E-state index in [1.54, 1.807) is 6.92 Å². The number of benzene rings is 1. The molecule has 1 aliphatic carbocycles. The molecule has 1 aromatic rings. The van der Waals surface area contributed by atoms with Gasteiger partial charge in [0.2, 0.25) is 5.91 Å². The van der Waals surface area contributed by atoms with E-state index in [4.69, 9.17) is 0 Å². The van der Waals surface area contributed by atoms with Crippen molar-refractivity contribution in [2.45, 2.75) is 44.6 Å². The third-order valence-corrected chi connectivity index (χ3v) is 4.34. The van der Waals surface area contributed by atoms with Gasteiger partial charge in [0.1, 0.15) is 5.78 Å². The average Bonchev–Trinajstić information content (AvgIpc) is 2.77. The largest absolute Gasteiger partial charge is 0.339 e. The molecule has 3 heteroatoms. The van der Waals surface area contributed by atoms with Gasteiger partial charge in [-0.2, -0.15) is 0 Å². The highest BCUT2D eigenvalue weighted by Gasteiger charge is 2.38. The highest BCUT2D eigenvalue weighted by Crippen LogP contribution is 2.37. The summed E-state index contributed by atoms with van der Waals surface area (Å²) in [5.41, 5.74) is 2.48. The normalized spacial score (nSPS) is 24.8. The van der Waals surface area contributed by atoms with Crippen LogP contribution in [0.5, 0.6) is 0 Å². The summed E-state index contributed by atoms with van der Waals surface area (Å²) < 4.78 is 0. The molecule has 3 nitrogen and oxygen atoms in total. The van der Waals surface area contributed by atoms with Gasteiger partial charge in [0.05, 0.1) is 5.92 Å². The molecule has 1 amide bonds. The Morgan fingerprint density at radius 3 is 2.84 bits per heavy atom. The maximum Gasteiger partial charge on any atom is 0.230 e. The number of hydrogen-bond acceptors (Lipinski definition) is 2. The fourth-order valence-corrected chi connectivity index (χ4v) is 3.35. The monoisotopic (exact) mass is 257 g/mol. The first kappa shape index (κ1) is 12.4. The lowest BCUT2D eigenvalue weighted by atomic mass is 9.76. The van der Waals surface area contributed by atoms with Gasteiger partial charge in [-0.05, 0) is 37.3 Å². The molecular weight excluding hydrogens is 238 g/mol. The van der Waals surface area contributed by atoms with E-state index < -0.39 is 0 Å². The lowest BCUT2D eigenvalue weighted by Crippen LogP contribution is -2.42. The summed E-state index contributed by atoms with van der Waals surface area (Å²) in [4.78, 5) is 25.8. The lowest BCUT2D eigenvalue weighted by molar-refractivity contribution is -0.134. The van der Waals surface area contributed by atoms with Crippen molar-refractivity contribution in [3.63, 3.8) is 0 Å². The maximum atomic E-state index is 12.6. The van der Waals surface area contributed by atoms with Gasteiger partial charge in [-0.3, -0.25) is 9.59 Å². The zero-order chi connectivity index (χ0) is 13.4. The van der Waals surface area contributed by atoms with Gasteiger partial charge >= 0.3 is 0 Å². The Morgan fingerprint density at radius 1 is 1.32 bits per heavy atom. The van der Waals surface area contributed by atoms with Gasteiger partial charge in [0.25, 0.3) is 0 Å². The molecule has 1 saturated heterocycles. The molecule has 1 aromatic carbocycles. The van der Waals surface area contributed by atoms with E-state index in [-0.39, 0.29) is 23.7 Å². The molecule has 0 bridgehead atoms. The van der Waals surface area contributed by atoms with Crippen molar-refractivity contribution in [3.8, 4) is 0 Å². The van der Waals surface area contributed by atoms with Crippen molar-refractivity contribution < 1.29 is 9.59 Å². The minimum absolute atomic E-state index is 0.0313. The van der Waals surface area contributed by atoms with Crippen molar-refractivity contribution in [3.05, 3.63) is 35.4 Å². The number of hydrogen-bond donors (Lipinski definition) is 0. The molecule has 3 rings (SSSR count). The number of ketones is 1. The maximum absolute atomic E-state index is 12.6. The Kier molecular flexibility index (Phi) is 3.13. The zero-order valence-corrected chi connectivity index (χ0v) is 11.3. The van der Waals surface area contributed by atoms with Crippen molar-refractivity contribution in [1.82, 2.24) is 4.90 Å². The Morgan fingerprint density at radius 2 is 2.11 bits per heavy atom. The van der Waals surface area contributed by atoms with E-state index in [1.807, 2.05) is 17.0 Å². The number of likely N-dealkylation sites (tertiary alicyclic amines) is 1. The van der Waals surface area contributed by atoms with Gasteiger partial charge in [-0.1, -0.05) is 24.3 Å². The average molecular weight is 257 g/mol. The lowest BCUT2D eigenvalue weighted by Gasteiger charge is -2.34. The van der Waals surface area contributed by atoms with E-state index in [9.17, 15) is 9.59 Å². The summed E-state index contributed by atoms with van der Waals surface area (Å²) in [6, 6.07) is 8.30. The van der Waals surface area contributed by atoms with Crippen LogP contribution < -0.4 is 0 Å². The predicted molar refractivity (Wildman–Crippen MR) is 72.9 cm³/mol.